The van der Waals surface area contributed by atoms with E-state index >= 15 is 0 Å². The van der Waals surface area contributed by atoms with Crippen LogP contribution >= 0.6 is 11.6 Å². The zero-order chi connectivity index (χ0) is 12.3. The first kappa shape index (κ1) is 11.9. The van der Waals surface area contributed by atoms with Crippen molar-refractivity contribution in [2.45, 2.75) is 6.42 Å². The largest absolute Gasteiger partial charge is 0.382 e. The van der Waals surface area contributed by atoms with Gasteiger partial charge in [-0.1, -0.05) is 11.6 Å². The lowest BCUT2D eigenvalue weighted by molar-refractivity contribution is 0.630. The topological polar surface area (TPSA) is 29.9 Å². The van der Waals surface area contributed by atoms with Crippen molar-refractivity contribution in [1.82, 2.24) is 9.78 Å². The van der Waals surface area contributed by atoms with Gasteiger partial charge in [0.05, 0.1) is 11.9 Å². The summed E-state index contributed by atoms with van der Waals surface area (Å²) in [5.74, 6) is -0.291. The number of nitrogens with zero attached hydrogens (tertiary/aromatic N) is 2. The van der Waals surface area contributed by atoms with Gasteiger partial charge in [-0.15, -0.1) is 0 Å². The normalized spacial score (nSPS) is 10.5. The zero-order valence-electron chi connectivity index (χ0n) is 9.45. The van der Waals surface area contributed by atoms with Gasteiger partial charge in [0, 0.05) is 24.8 Å². The molecule has 2 aromatic rings. The lowest BCUT2D eigenvalue weighted by Gasteiger charge is -2.06. The third-order valence-electron chi connectivity index (χ3n) is 2.42. The van der Waals surface area contributed by atoms with Crippen LogP contribution in [0.2, 0.25) is 5.02 Å². The van der Waals surface area contributed by atoms with Gasteiger partial charge in [-0.3, -0.25) is 4.68 Å². The molecule has 3 nitrogen and oxygen atoms in total. The third kappa shape index (κ3) is 3.20. The van der Waals surface area contributed by atoms with E-state index in [1.165, 1.54) is 12.1 Å². The summed E-state index contributed by atoms with van der Waals surface area (Å²) in [6.45, 7) is 0.642. The summed E-state index contributed by atoms with van der Waals surface area (Å²) in [5, 5.41) is 7.61. The van der Waals surface area contributed by atoms with Crippen LogP contribution in [0.5, 0.6) is 0 Å². The van der Waals surface area contributed by atoms with Gasteiger partial charge in [0.25, 0.3) is 0 Å². The molecule has 5 heteroatoms. The lowest BCUT2D eigenvalue weighted by Crippen LogP contribution is -2.05. The molecule has 0 atom stereocenters. The fourth-order valence-electron chi connectivity index (χ4n) is 1.58. The molecule has 0 fully saturated rings. The second kappa shape index (κ2) is 5.19. The molecule has 1 aromatic heterocycles. The second-order valence-electron chi connectivity index (χ2n) is 3.82. The number of anilines is 1. The average molecular weight is 254 g/mol. The van der Waals surface area contributed by atoms with Gasteiger partial charge in [0.2, 0.25) is 0 Å². The second-order valence-corrected chi connectivity index (χ2v) is 4.26. The molecule has 0 unspecified atom stereocenters. The standard InChI is InChI=1S/C12H13ClFN3/c1-17-8-9(7-16-17)4-5-15-12-6-10(13)2-3-11(12)14/h2-3,6-8,15H,4-5H2,1H3. The molecule has 1 heterocycles. The van der Waals surface area contributed by atoms with Crippen molar-refractivity contribution < 1.29 is 4.39 Å². The molecule has 0 aliphatic heterocycles. The molecule has 0 saturated carbocycles. The Balaban J connectivity index is 1.91. The van der Waals surface area contributed by atoms with Crippen molar-refractivity contribution in [2.24, 2.45) is 7.05 Å². The molecule has 0 saturated heterocycles. The van der Waals surface area contributed by atoms with Crippen LogP contribution in [0.25, 0.3) is 0 Å². The van der Waals surface area contributed by atoms with E-state index in [-0.39, 0.29) is 5.82 Å². The summed E-state index contributed by atoms with van der Waals surface area (Å²) in [6, 6.07) is 4.47. The highest BCUT2D eigenvalue weighted by Crippen LogP contribution is 2.19. The lowest BCUT2D eigenvalue weighted by atomic mass is 10.2. The highest BCUT2D eigenvalue weighted by atomic mass is 35.5. The van der Waals surface area contributed by atoms with Crippen molar-refractivity contribution in [3.8, 4) is 0 Å². The maximum atomic E-state index is 13.4. The molecule has 0 aliphatic carbocycles. The predicted molar refractivity (Wildman–Crippen MR) is 66.8 cm³/mol. The number of benzene rings is 1. The summed E-state index contributed by atoms with van der Waals surface area (Å²) in [4.78, 5) is 0. The monoisotopic (exact) mass is 253 g/mol. The minimum atomic E-state index is -0.291. The van der Waals surface area contributed by atoms with Gasteiger partial charge in [-0.05, 0) is 30.2 Å². The molecule has 2 rings (SSSR count). The van der Waals surface area contributed by atoms with E-state index in [1.54, 1.807) is 16.9 Å². The predicted octanol–water partition coefficient (Wildman–Crippen LogP) is 2.87. The minimum absolute atomic E-state index is 0.291. The third-order valence-corrected chi connectivity index (χ3v) is 2.65. The van der Waals surface area contributed by atoms with E-state index in [1.807, 2.05) is 13.2 Å². The SMILES string of the molecule is Cn1cc(CCNc2cc(Cl)ccc2F)cn1. The summed E-state index contributed by atoms with van der Waals surface area (Å²) < 4.78 is 15.1. The van der Waals surface area contributed by atoms with Gasteiger partial charge < -0.3 is 5.32 Å². The Hall–Kier alpha value is -1.55. The number of hydrogen-bond acceptors (Lipinski definition) is 2. The first-order valence-corrected chi connectivity index (χ1v) is 5.69. The van der Waals surface area contributed by atoms with Crippen molar-refractivity contribution in [3.05, 3.63) is 47.0 Å². The van der Waals surface area contributed by atoms with Crippen LogP contribution in [0.1, 0.15) is 5.56 Å². The average Bonchev–Trinajstić information content (AvgIpc) is 2.69. The van der Waals surface area contributed by atoms with E-state index in [2.05, 4.69) is 10.4 Å². The summed E-state index contributed by atoms with van der Waals surface area (Å²) in [6.07, 6.45) is 4.53. The van der Waals surface area contributed by atoms with Crippen LogP contribution in [-0.4, -0.2) is 16.3 Å². The van der Waals surface area contributed by atoms with Crippen molar-refractivity contribution in [3.63, 3.8) is 0 Å². The number of hydrogen-bond donors (Lipinski definition) is 1. The summed E-state index contributed by atoms with van der Waals surface area (Å²) in [5.41, 5.74) is 1.55. The molecular formula is C12H13ClFN3. The van der Waals surface area contributed by atoms with E-state index in [0.29, 0.717) is 17.3 Å². The maximum Gasteiger partial charge on any atom is 0.146 e. The zero-order valence-corrected chi connectivity index (χ0v) is 10.2. The Morgan fingerprint density at radius 3 is 3.00 bits per heavy atom. The summed E-state index contributed by atoms with van der Waals surface area (Å²) in [7, 11) is 1.87. The molecular weight excluding hydrogens is 241 g/mol. The number of rotatable bonds is 4. The maximum absolute atomic E-state index is 13.4. The molecule has 0 spiro atoms. The molecule has 0 radical (unpaired) electrons. The van der Waals surface area contributed by atoms with Crippen LogP contribution < -0.4 is 5.32 Å². The summed E-state index contributed by atoms with van der Waals surface area (Å²) >= 11 is 5.80. The van der Waals surface area contributed by atoms with Crippen LogP contribution in [0, 0.1) is 5.82 Å². The van der Waals surface area contributed by atoms with Crippen molar-refractivity contribution in [1.29, 1.82) is 0 Å². The number of halogens is 2. The number of aryl methyl sites for hydroxylation is 1. The Morgan fingerprint density at radius 2 is 2.29 bits per heavy atom. The Morgan fingerprint density at radius 1 is 1.47 bits per heavy atom. The first-order valence-electron chi connectivity index (χ1n) is 5.31. The smallest absolute Gasteiger partial charge is 0.146 e. The van der Waals surface area contributed by atoms with Crippen LogP contribution in [0.3, 0.4) is 0 Å². The highest BCUT2D eigenvalue weighted by Gasteiger charge is 2.02. The fraction of sp³-hybridized carbons (Fsp3) is 0.250. The number of nitrogens with one attached hydrogen (secondary N) is 1. The van der Waals surface area contributed by atoms with Gasteiger partial charge in [0.15, 0.2) is 0 Å². The van der Waals surface area contributed by atoms with Crippen LogP contribution in [0.4, 0.5) is 10.1 Å². The first-order chi connectivity index (χ1) is 8.15. The van der Waals surface area contributed by atoms with Gasteiger partial charge in [-0.25, -0.2) is 4.39 Å². The van der Waals surface area contributed by atoms with Crippen molar-refractivity contribution >= 4 is 17.3 Å². The van der Waals surface area contributed by atoms with Crippen molar-refractivity contribution in [2.75, 3.05) is 11.9 Å². The molecule has 1 N–H and O–H groups in total. The van der Waals surface area contributed by atoms with E-state index in [0.717, 1.165) is 12.0 Å². The van der Waals surface area contributed by atoms with Gasteiger partial charge >= 0.3 is 0 Å². The van der Waals surface area contributed by atoms with E-state index < -0.39 is 0 Å². The van der Waals surface area contributed by atoms with Gasteiger partial charge in [-0.2, -0.15) is 5.10 Å². The molecule has 0 aliphatic rings. The Kier molecular flexibility index (Phi) is 3.64. The molecule has 90 valence electrons. The Bertz CT molecular complexity index is 510. The quantitative estimate of drug-likeness (QED) is 0.908. The van der Waals surface area contributed by atoms with E-state index in [4.69, 9.17) is 11.6 Å². The van der Waals surface area contributed by atoms with Gasteiger partial charge in [0.1, 0.15) is 5.82 Å². The molecule has 0 amide bonds. The molecule has 17 heavy (non-hydrogen) atoms. The Labute approximate surface area is 104 Å². The van der Waals surface area contributed by atoms with Crippen LogP contribution in [-0.2, 0) is 13.5 Å². The van der Waals surface area contributed by atoms with E-state index in [9.17, 15) is 4.39 Å². The molecule has 0 bridgehead atoms. The van der Waals surface area contributed by atoms with Crippen LogP contribution in [0.15, 0.2) is 30.6 Å². The molecule has 1 aromatic carbocycles. The highest BCUT2D eigenvalue weighted by molar-refractivity contribution is 6.30. The minimum Gasteiger partial charge on any atom is -0.382 e. The fourth-order valence-corrected chi connectivity index (χ4v) is 1.75. The number of aromatic nitrogens is 2.